The van der Waals surface area contributed by atoms with Gasteiger partial charge in [-0.3, -0.25) is 0 Å². The van der Waals surface area contributed by atoms with E-state index in [2.05, 4.69) is 13.8 Å². The molecule has 3 aliphatic carbocycles. The van der Waals surface area contributed by atoms with Crippen LogP contribution in [0.15, 0.2) is 0 Å². The Morgan fingerprint density at radius 3 is 2.46 bits per heavy atom. The van der Waals surface area contributed by atoms with E-state index < -0.39 is 0 Å². The zero-order chi connectivity index (χ0) is 9.00. The van der Waals surface area contributed by atoms with Gasteiger partial charge in [-0.1, -0.05) is 20.3 Å². The molecule has 3 fully saturated rings. The molecule has 0 nitrogen and oxygen atoms in total. The quantitative estimate of drug-likeness (QED) is 0.574. The van der Waals surface area contributed by atoms with E-state index in [0.29, 0.717) is 0 Å². The molecule has 3 aliphatic rings. The molecule has 3 saturated carbocycles. The first kappa shape index (κ1) is 8.32. The number of fused-ring (bicyclic) bond motifs is 5. The van der Waals surface area contributed by atoms with E-state index in [9.17, 15) is 0 Å². The highest BCUT2D eigenvalue weighted by atomic mass is 14.6. The molecule has 0 aliphatic heterocycles. The van der Waals surface area contributed by atoms with Crippen LogP contribution in [0.5, 0.6) is 0 Å². The largest absolute Gasteiger partial charge is 0.0625 e. The molecule has 0 spiro atoms. The van der Waals surface area contributed by atoms with Gasteiger partial charge in [-0.15, -0.1) is 0 Å². The van der Waals surface area contributed by atoms with Gasteiger partial charge in [-0.2, -0.15) is 0 Å². The first-order valence-electron chi connectivity index (χ1n) is 6.27. The van der Waals surface area contributed by atoms with E-state index in [1.54, 1.807) is 32.1 Å². The van der Waals surface area contributed by atoms with Crippen molar-refractivity contribution in [3.8, 4) is 0 Å². The number of rotatable bonds is 1. The lowest BCUT2D eigenvalue weighted by Gasteiger charge is -2.33. The third-order valence-electron chi connectivity index (χ3n) is 5.34. The lowest BCUT2D eigenvalue weighted by Crippen LogP contribution is -2.27. The van der Waals surface area contributed by atoms with Crippen molar-refractivity contribution in [3.05, 3.63) is 0 Å². The zero-order valence-corrected chi connectivity index (χ0v) is 9.00. The molecular formula is C13H22. The van der Waals surface area contributed by atoms with Gasteiger partial charge in [0.15, 0.2) is 0 Å². The molecule has 0 radical (unpaired) electrons. The third-order valence-corrected chi connectivity index (χ3v) is 5.34. The van der Waals surface area contributed by atoms with Gasteiger partial charge < -0.3 is 0 Å². The summed E-state index contributed by atoms with van der Waals surface area (Å²) in [6.07, 6.45) is 7.90. The smallest absolute Gasteiger partial charge is 0.0349 e. The lowest BCUT2D eigenvalue weighted by atomic mass is 9.72. The highest BCUT2D eigenvalue weighted by molar-refractivity contribution is 5.03. The Morgan fingerprint density at radius 2 is 1.69 bits per heavy atom. The maximum Gasteiger partial charge on any atom is -0.0349 e. The fraction of sp³-hybridized carbons (Fsp3) is 1.00. The van der Waals surface area contributed by atoms with Gasteiger partial charge in [0.2, 0.25) is 0 Å². The van der Waals surface area contributed by atoms with Crippen molar-refractivity contribution in [1.82, 2.24) is 0 Å². The van der Waals surface area contributed by atoms with Crippen molar-refractivity contribution in [3.63, 3.8) is 0 Å². The van der Waals surface area contributed by atoms with Crippen LogP contribution in [0.25, 0.3) is 0 Å². The Labute approximate surface area is 82.1 Å². The molecule has 5 atom stereocenters. The minimum absolute atomic E-state index is 0.955. The number of hydrogen-bond acceptors (Lipinski definition) is 0. The second-order valence-corrected chi connectivity index (χ2v) is 6.06. The van der Waals surface area contributed by atoms with Crippen molar-refractivity contribution >= 4 is 0 Å². The molecule has 3 rings (SSSR count). The van der Waals surface area contributed by atoms with E-state index in [0.717, 1.165) is 23.7 Å². The highest BCUT2D eigenvalue weighted by Crippen LogP contribution is 2.62. The number of hydrogen-bond donors (Lipinski definition) is 0. The minimum Gasteiger partial charge on any atom is -0.0625 e. The monoisotopic (exact) mass is 178 g/mol. The summed E-state index contributed by atoms with van der Waals surface area (Å²) in [6.45, 7) is 4.88. The Bertz CT molecular complexity index is 204. The van der Waals surface area contributed by atoms with Gasteiger partial charge in [-0.05, 0) is 61.2 Å². The Kier molecular flexibility index (Phi) is 1.76. The topological polar surface area (TPSA) is 0 Å². The fourth-order valence-electron chi connectivity index (χ4n) is 4.89. The van der Waals surface area contributed by atoms with Crippen molar-refractivity contribution in [1.29, 1.82) is 0 Å². The van der Waals surface area contributed by atoms with Gasteiger partial charge in [0, 0.05) is 0 Å². The van der Waals surface area contributed by atoms with Crippen LogP contribution in [0, 0.1) is 35.5 Å². The first-order chi connectivity index (χ1) is 6.27. The average Bonchev–Trinajstić information content (AvgIpc) is 2.75. The van der Waals surface area contributed by atoms with Crippen LogP contribution in [-0.4, -0.2) is 0 Å². The summed E-state index contributed by atoms with van der Waals surface area (Å²) in [5.41, 5.74) is 0. The van der Waals surface area contributed by atoms with Crippen LogP contribution >= 0.6 is 0 Å². The molecule has 13 heavy (non-hydrogen) atoms. The van der Waals surface area contributed by atoms with Crippen LogP contribution in [0.2, 0.25) is 0 Å². The van der Waals surface area contributed by atoms with Gasteiger partial charge in [-0.25, -0.2) is 0 Å². The zero-order valence-electron chi connectivity index (χ0n) is 9.00. The second kappa shape index (κ2) is 2.74. The lowest BCUT2D eigenvalue weighted by molar-refractivity contribution is 0.152. The molecule has 0 saturated heterocycles. The van der Waals surface area contributed by atoms with E-state index in [-0.39, 0.29) is 0 Å². The summed E-state index contributed by atoms with van der Waals surface area (Å²) >= 11 is 0. The molecule has 0 heteroatoms. The Hall–Kier alpha value is 0. The summed E-state index contributed by atoms with van der Waals surface area (Å²) in [5, 5.41) is 0. The van der Waals surface area contributed by atoms with Gasteiger partial charge in [0.25, 0.3) is 0 Å². The van der Waals surface area contributed by atoms with E-state index >= 15 is 0 Å². The Morgan fingerprint density at radius 1 is 0.923 bits per heavy atom. The van der Waals surface area contributed by atoms with Crippen LogP contribution in [-0.2, 0) is 0 Å². The van der Waals surface area contributed by atoms with Crippen LogP contribution < -0.4 is 0 Å². The van der Waals surface area contributed by atoms with Crippen LogP contribution in [0.4, 0.5) is 0 Å². The molecule has 0 aromatic rings. The van der Waals surface area contributed by atoms with Crippen molar-refractivity contribution in [2.75, 3.05) is 0 Å². The van der Waals surface area contributed by atoms with E-state index in [1.807, 2.05) is 0 Å². The molecular weight excluding hydrogens is 156 g/mol. The summed E-state index contributed by atoms with van der Waals surface area (Å²) < 4.78 is 0. The fourth-order valence-corrected chi connectivity index (χ4v) is 4.89. The third kappa shape index (κ3) is 1.04. The molecule has 2 bridgehead atoms. The predicted molar refractivity (Wildman–Crippen MR) is 55.4 cm³/mol. The molecule has 0 amide bonds. The highest BCUT2D eigenvalue weighted by Gasteiger charge is 2.53. The maximum absolute atomic E-state index is 2.44. The van der Waals surface area contributed by atoms with Crippen molar-refractivity contribution in [2.45, 2.75) is 46.0 Å². The van der Waals surface area contributed by atoms with Gasteiger partial charge in [0.1, 0.15) is 0 Å². The van der Waals surface area contributed by atoms with Crippen molar-refractivity contribution < 1.29 is 0 Å². The van der Waals surface area contributed by atoms with Crippen molar-refractivity contribution in [2.24, 2.45) is 35.5 Å². The van der Waals surface area contributed by atoms with E-state index in [4.69, 9.17) is 0 Å². The average molecular weight is 178 g/mol. The van der Waals surface area contributed by atoms with Gasteiger partial charge in [0.05, 0.1) is 0 Å². The van der Waals surface area contributed by atoms with Crippen LogP contribution in [0.3, 0.4) is 0 Å². The van der Waals surface area contributed by atoms with Crippen LogP contribution in [0.1, 0.15) is 46.0 Å². The standard InChI is InChI=1S/C13H22/c1-8(2)12-6-9-7-13(12)11-5-3-4-10(9)11/h8-13H,3-7H2,1-2H3. The molecule has 0 N–H and O–H groups in total. The molecule has 0 aromatic carbocycles. The van der Waals surface area contributed by atoms with E-state index in [1.165, 1.54) is 11.8 Å². The molecule has 74 valence electrons. The molecule has 5 unspecified atom stereocenters. The second-order valence-electron chi connectivity index (χ2n) is 6.06. The summed E-state index contributed by atoms with van der Waals surface area (Å²) in [7, 11) is 0. The first-order valence-corrected chi connectivity index (χ1v) is 6.27. The summed E-state index contributed by atoms with van der Waals surface area (Å²) in [5.74, 6) is 6.72. The SMILES string of the molecule is CC(C)C1CC2CC1C1CCCC21. The Balaban J connectivity index is 1.82. The predicted octanol–water partition coefficient (Wildman–Crippen LogP) is 3.71. The molecule has 0 heterocycles. The van der Waals surface area contributed by atoms with Gasteiger partial charge >= 0.3 is 0 Å². The maximum atomic E-state index is 2.44. The summed E-state index contributed by atoms with van der Waals surface area (Å²) in [4.78, 5) is 0. The summed E-state index contributed by atoms with van der Waals surface area (Å²) in [6, 6.07) is 0. The normalized spacial score (nSPS) is 53.3. The molecule has 0 aromatic heterocycles. The minimum atomic E-state index is 0.955.